The molecule has 3 aromatic rings. The average molecular weight is 480 g/mol. The molecule has 0 bridgehead atoms. The van der Waals surface area contributed by atoms with Crippen LogP contribution in [0.5, 0.6) is 0 Å². The smallest absolute Gasteiger partial charge is 0.337 e. The summed E-state index contributed by atoms with van der Waals surface area (Å²) >= 11 is 0. The fourth-order valence-corrected chi connectivity index (χ4v) is 5.45. The molecular weight excluding hydrogens is 450 g/mol. The minimum Gasteiger partial charge on any atom is -0.478 e. The minimum absolute atomic E-state index is 0.0737. The van der Waals surface area contributed by atoms with Crippen LogP contribution >= 0.6 is 0 Å². The van der Waals surface area contributed by atoms with Crippen molar-refractivity contribution in [2.24, 2.45) is 0 Å². The van der Waals surface area contributed by atoms with E-state index < -0.39 is 16.0 Å². The Kier molecular flexibility index (Phi) is 6.52. The van der Waals surface area contributed by atoms with Crippen LogP contribution in [0.4, 0.5) is 17.1 Å². The Morgan fingerprint density at radius 2 is 1.47 bits per heavy atom. The highest BCUT2D eigenvalue weighted by Crippen LogP contribution is 2.29. The summed E-state index contributed by atoms with van der Waals surface area (Å²) in [6.45, 7) is 8.86. The van der Waals surface area contributed by atoms with Crippen molar-refractivity contribution < 1.29 is 18.3 Å². The summed E-state index contributed by atoms with van der Waals surface area (Å²) in [5, 5.41) is 9.86. The first-order valence-corrected chi connectivity index (χ1v) is 12.7. The zero-order valence-corrected chi connectivity index (χ0v) is 20.4. The number of nitrogens with zero attached hydrogens (tertiary/aromatic N) is 2. The number of hydrogen-bond acceptors (Lipinski definition) is 5. The van der Waals surface area contributed by atoms with Crippen molar-refractivity contribution in [2.75, 3.05) is 40.7 Å². The van der Waals surface area contributed by atoms with Gasteiger partial charge in [0.25, 0.3) is 10.0 Å². The molecule has 1 aliphatic rings. The lowest BCUT2D eigenvalue weighted by atomic mass is 10.1. The lowest BCUT2D eigenvalue weighted by Crippen LogP contribution is -2.47. The lowest BCUT2D eigenvalue weighted by molar-refractivity contribution is 0.0697. The number of piperazine rings is 1. The maximum atomic E-state index is 12.8. The lowest BCUT2D eigenvalue weighted by Gasteiger charge is -2.38. The van der Waals surface area contributed by atoms with Crippen LogP contribution < -0.4 is 14.5 Å². The summed E-state index contributed by atoms with van der Waals surface area (Å²) in [6, 6.07) is 17.7. The number of carboxylic acid groups (broad SMARTS) is 1. The largest absolute Gasteiger partial charge is 0.478 e. The van der Waals surface area contributed by atoms with Gasteiger partial charge in [-0.1, -0.05) is 24.3 Å². The molecule has 0 aromatic heterocycles. The third-order valence-corrected chi connectivity index (χ3v) is 7.48. The van der Waals surface area contributed by atoms with E-state index in [1.165, 1.54) is 28.9 Å². The normalized spacial score (nSPS) is 14.2. The second-order valence-corrected chi connectivity index (χ2v) is 10.4. The zero-order valence-electron chi connectivity index (χ0n) is 19.6. The molecule has 0 saturated carbocycles. The molecule has 7 nitrogen and oxygen atoms in total. The van der Waals surface area contributed by atoms with E-state index >= 15 is 0 Å². The van der Waals surface area contributed by atoms with Crippen LogP contribution in [0, 0.1) is 20.8 Å². The van der Waals surface area contributed by atoms with Crippen LogP contribution in [0.2, 0.25) is 0 Å². The highest BCUT2D eigenvalue weighted by molar-refractivity contribution is 7.92. The van der Waals surface area contributed by atoms with E-state index in [0.29, 0.717) is 18.8 Å². The van der Waals surface area contributed by atoms with Crippen LogP contribution in [0.3, 0.4) is 0 Å². The predicted molar refractivity (Wildman–Crippen MR) is 136 cm³/mol. The molecule has 1 fully saturated rings. The number of anilines is 3. The summed E-state index contributed by atoms with van der Waals surface area (Å²) in [4.78, 5) is 16.6. The number of rotatable bonds is 6. The first-order chi connectivity index (χ1) is 16.1. The molecule has 0 spiro atoms. The highest BCUT2D eigenvalue weighted by atomic mass is 32.2. The summed E-state index contributed by atoms with van der Waals surface area (Å²) in [5.74, 6) is -1.09. The molecule has 1 heterocycles. The van der Waals surface area contributed by atoms with Crippen LogP contribution in [0.15, 0.2) is 65.6 Å². The van der Waals surface area contributed by atoms with E-state index in [4.69, 9.17) is 0 Å². The summed E-state index contributed by atoms with van der Waals surface area (Å²) in [6.07, 6.45) is 0. The first kappa shape index (κ1) is 23.6. The van der Waals surface area contributed by atoms with Gasteiger partial charge in [-0.15, -0.1) is 0 Å². The molecule has 2 N–H and O–H groups in total. The number of aromatic carboxylic acids is 1. The maximum absolute atomic E-state index is 12.8. The Morgan fingerprint density at radius 3 is 2.12 bits per heavy atom. The second kappa shape index (κ2) is 9.38. The number of carbonyl (C=O) groups is 1. The van der Waals surface area contributed by atoms with Crippen LogP contribution in [0.1, 0.15) is 27.0 Å². The summed E-state index contributed by atoms with van der Waals surface area (Å²) in [5.41, 5.74) is 5.34. The van der Waals surface area contributed by atoms with E-state index in [-0.39, 0.29) is 16.1 Å². The monoisotopic (exact) mass is 479 g/mol. The van der Waals surface area contributed by atoms with Gasteiger partial charge in [0.1, 0.15) is 0 Å². The Hall–Kier alpha value is -3.52. The molecule has 8 heteroatoms. The Bertz CT molecular complexity index is 1330. The molecule has 0 aliphatic carbocycles. The van der Waals surface area contributed by atoms with Crippen molar-refractivity contribution in [1.82, 2.24) is 0 Å². The molecule has 0 unspecified atom stereocenters. The maximum Gasteiger partial charge on any atom is 0.337 e. The number of nitrogens with one attached hydrogen (secondary N) is 1. The number of aryl methyl sites for hydroxylation is 3. The number of hydrogen-bond donors (Lipinski definition) is 2. The molecule has 0 amide bonds. The van der Waals surface area contributed by atoms with E-state index in [9.17, 15) is 18.3 Å². The van der Waals surface area contributed by atoms with Crippen molar-refractivity contribution in [3.8, 4) is 0 Å². The van der Waals surface area contributed by atoms with Crippen molar-refractivity contribution in [3.05, 3.63) is 82.9 Å². The quantitative estimate of drug-likeness (QED) is 0.543. The highest BCUT2D eigenvalue weighted by Gasteiger charge is 2.24. The summed E-state index contributed by atoms with van der Waals surface area (Å²) < 4.78 is 28.0. The van der Waals surface area contributed by atoms with Crippen LogP contribution in [-0.2, 0) is 10.0 Å². The standard InChI is InChI=1S/C26H29N3O4S/c1-18-5-4-6-22(15-18)34(32,33)27-21-9-10-24(23(17-21)26(30)31)28-11-13-29(14-12-28)25-16-19(2)7-8-20(25)3/h4-10,15-17,27H,11-14H2,1-3H3,(H,30,31). The molecule has 4 rings (SSSR count). The SMILES string of the molecule is Cc1cccc(S(=O)(=O)Nc2ccc(N3CCN(c4cc(C)ccc4C)CC3)c(C(=O)O)c2)c1. The van der Waals surface area contributed by atoms with E-state index in [1.807, 2.05) is 17.9 Å². The molecule has 1 saturated heterocycles. The molecule has 1 aliphatic heterocycles. The van der Waals surface area contributed by atoms with Crippen LogP contribution in [-0.4, -0.2) is 45.7 Å². The molecule has 178 valence electrons. The van der Waals surface area contributed by atoms with Crippen LogP contribution in [0.25, 0.3) is 0 Å². The molecular formula is C26H29N3O4S. The van der Waals surface area contributed by atoms with Gasteiger partial charge < -0.3 is 14.9 Å². The van der Waals surface area contributed by atoms with Gasteiger partial charge in [-0.3, -0.25) is 4.72 Å². The van der Waals surface area contributed by atoms with Gasteiger partial charge in [0.05, 0.1) is 16.1 Å². The second-order valence-electron chi connectivity index (χ2n) is 8.72. The van der Waals surface area contributed by atoms with Gasteiger partial charge >= 0.3 is 5.97 Å². The average Bonchev–Trinajstić information content (AvgIpc) is 2.80. The van der Waals surface area contributed by atoms with Gasteiger partial charge in [0, 0.05) is 37.6 Å². The van der Waals surface area contributed by atoms with Crippen molar-refractivity contribution in [1.29, 1.82) is 0 Å². The summed E-state index contributed by atoms with van der Waals surface area (Å²) in [7, 11) is -3.82. The fourth-order valence-electron chi connectivity index (χ4n) is 4.29. The molecule has 0 radical (unpaired) electrons. The minimum atomic E-state index is -3.82. The Labute approximate surface area is 200 Å². The zero-order chi connectivity index (χ0) is 24.5. The van der Waals surface area contributed by atoms with Gasteiger partial charge in [-0.2, -0.15) is 0 Å². The Balaban J connectivity index is 1.53. The van der Waals surface area contributed by atoms with Crippen molar-refractivity contribution >= 4 is 33.1 Å². The van der Waals surface area contributed by atoms with Gasteiger partial charge in [0.15, 0.2) is 0 Å². The van der Waals surface area contributed by atoms with E-state index in [2.05, 4.69) is 41.7 Å². The predicted octanol–water partition coefficient (Wildman–Crippen LogP) is 4.44. The molecule has 34 heavy (non-hydrogen) atoms. The first-order valence-electron chi connectivity index (χ1n) is 11.2. The van der Waals surface area contributed by atoms with Crippen molar-refractivity contribution in [2.45, 2.75) is 25.7 Å². The van der Waals surface area contributed by atoms with Gasteiger partial charge in [-0.25, -0.2) is 13.2 Å². The third-order valence-electron chi connectivity index (χ3n) is 6.10. The van der Waals surface area contributed by atoms with Gasteiger partial charge in [0.2, 0.25) is 0 Å². The Morgan fingerprint density at radius 1 is 0.824 bits per heavy atom. The number of carboxylic acids is 1. The van der Waals surface area contributed by atoms with Crippen molar-refractivity contribution in [3.63, 3.8) is 0 Å². The molecule has 3 aromatic carbocycles. The molecule has 0 atom stereocenters. The topological polar surface area (TPSA) is 90.0 Å². The fraction of sp³-hybridized carbons (Fsp3) is 0.269. The third kappa shape index (κ3) is 5.02. The number of sulfonamides is 1. The van der Waals surface area contributed by atoms with Gasteiger partial charge in [-0.05, 0) is 73.9 Å². The van der Waals surface area contributed by atoms with E-state index in [0.717, 1.165) is 18.7 Å². The van der Waals surface area contributed by atoms with E-state index in [1.54, 1.807) is 24.3 Å². The number of benzene rings is 3.